The van der Waals surface area contributed by atoms with E-state index in [4.69, 9.17) is 9.47 Å². The van der Waals surface area contributed by atoms with Gasteiger partial charge < -0.3 is 19.7 Å². The van der Waals surface area contributed by atoms with Crippen molar-refractivity contribution < 1.29 is 19.1 Å². The maximum Gasteiger partial charge on any atom is 0.258 e. The van der Waals surface area contributed by atoms with Gasteiger partial charge in [0.05, 0.1) is 18.8 Å². The van der Waals surface area contributed by atoms with Crippen molar-refractivity contribution in [1.82, 2.24) is 5.32 Å². The largest absolute Gasteiger partial charge is 0.497 e. The van der Waals surface area contributed by atoms with Gasteiger partial charge in [0.1, 0.15) is 17.1 Å². The Balaban J connectivity index is 1.25. The van der Waals surface area contributed by atoms with E-state index < -0.39 is 0 Å². The standard InChI is InChI=1S/C27H28N2O4/c1-27(2)16-21(20-15-18(32-3)12-13-23(20)33-27)28-24(30)11-6-14-29-22-10-5-8-17-7-4-9-19(25(17)22)26(29)31/h4-5,7-10,12-13,15,21H,6,11,14,16H2,1-3H3,(H,28,30)/t21-/m1/s1. The van der Waals surface area contributed by atoms with Gasteiger partial charge in [-0.2, -0.15) is 0 Å². The first kappa shape index (κ1) is 21.3. The fraction of sp³-hybridized carbons (Fsp3) is 0.333. The van der Waals surface area contributed by atoms with Gasteiger partial charge in [0.15, 0.2) is 0 Å². The molecule has 2 amide bonds. The SMILES string of the molecule is COc1ccc2c(c1)[C@H](NC(=O)CCCN1C(=O)c3cccc4cccc1c34)CC(C)(C)O2. The fourth-order valence-corrected chi connectivity index (χ4v) is 4.95. The zero-order valence-electron chi connectivity index (χ0n) is 19.2. The molecule has 2 aliphatic rings. The number of carbonyl (C=O) groups is 2. The van der Waals surface area contributed by atoms with Crippen LogP contribution < -0.4 is 19.7 Å². The molecule has 0 saturated heterocycles. The van der Waals surface area contributed by atoms with Crippen LogP contribution in [0.2, 0.25) is 0 Å². The zero-order valence-corrected chi connectivity index (χ0v) is 19.2. The topological polar surface area (TPSA) is 67.9 Å². The third-order valence-corrected chi connectivity index (χ3v) is 6.44. The van der Waals surface area contributed by atoms with Gasteiger partial charge in [0, 0.05) is 35.9 Å². The lowest BCUT2D eigenvalue weighted by Gasteiger charge is -2.38. The van der Waals surface area contributed by atoms with Crippen molar-refractivity contribution in [3.63, 3.8) is 0 Å². The Morgan fingerprint density at radius 2 is 1.97 bits per heavy atom. The number of benzene rings is 3. The van der Waals surface area contributed by atoms with Crippen molar-refractivity contribution in [2.24, 2.45) is 0 Å². The first-order chi connectivity index (χ1) is 15.9. The number of nitrogens with one attached hydrogen (secondary N) is 1. The van der Waals surface area contributed by atoms with E-state index in [2.05, 4.69) is 5.32 Å². The van der Waals surface area contributed by atoms with Crippen LogP contribution in [0.25, 0.3) is 10.8 Å². The van der Waals surface area contributed by atoms with E-state index in [1.807, 2.05) is 68.4 Å². The van der Waals surface area contributed by atoms with E-state index in [-0.39, 0.29) is 23.5 Å². The van der Waals surface area contributed by atoms with Crippen LogP contribution in [0.15, 0.2) is 54.6 Å². The van der Waals surface area contributed by atoms with Gasteiger partial charge in [0.2, 0.25) is 5.91 Å². The van der Waals surface area contributed by atoms with Crippen LogP contribution in [0.5, 0.6) is 11.5 Å². The summed E-state index contributed by atoms with van der Waals surface area (Å²) in [5, 5.41) is 5.25. The molecule has 1 N–H and O–H groups in total. The highest BCUT2D eigenvalue weighted by atomic mass is 16.5. The maximum absolute atomic E-state index is 12.9. The van der Waals surface area contributed by atoms with Crippen LogP contribution in [-0.2, 0) is 4.79 Å². The monoisotopic (exact) mass is 444 g/mol. The average molecular weight is 445 g/mol. The molecule has 2 heterocycles. The Kier molecular flexibility index (Phi) is 5.23. The molecule has 3 aromatic carbocycles. The third kappa shape index (κ3) is 3.90. The van der Waals surface area contributed by atoms with Crippen molar-refractivity contribution in [1.29, 1.82) is 0 Å². The fourth-order valence-electron chi connectivity index (χ4n) is 4.95. The first-order valence-corrected chi connectivity index (χ1v) is 11.4. The Morgan fingerprint density at radius 1 is 1.18 bits per heavy atom. The molecule has 0 aliphatic carbocycles. The zero-order chi connectivity index (χ0) is 23.2. The summed E-state index contributed by atoms with van der Waals surface area (Å²) >= 11 is 0. The number of methoxy groups -OCH3 is 1. The second-order valence-electron chi connectivity index (χ2n) is 9.33. The van der Waals surface area contributed by atoms with Crippen LogP contribution in [0.1, 0.15) is 55.1 Å². The Labute approximate surface area is 193 Å². The first-order valence-electron chi connectivity index (χ1n) is 11.4. The highest BCUT2D eigenvalue weighted by Crippen LogP contribution is 2.41. The molecule has 6 heteroatoms. The van der Waals surface area contributed by atoms with Gasteiger partial charge in [-0.1, -0.05) is 24.3 Å². The second-order valence-corrected chi connectivity index (χ2v) is 9.33. The minimum atomic E-state index is -0.383. The molecule has 0 bridgehead atoms. The lowest BCUT2D eigenvalue weighted by Crippen LogP contribution is -2.41. The molecule has 0 fully saturated rings. The highest BCUT2D eigenvalue weighted by Gasteiger charge is 2.35. The summed E-state index contributed by atoms with van der Waals surface area (Å²) in [6, 6.07) is 17.3. The number of amides is 2. The smallest absolute Gasteiger partial charge is 0.258 e. The van der Waals surface area contributed by atoms with Crippen LogP contribution in [-0.4, -0.2) is 31.1 Å². The van der Waals surface area contributed by atoms with Gasteiger partial charge in [-0.25, -0.2) is 0 Å². The van der Waals surface area contributed by atoms with E-state index in [1.165, 1.54) is 0 Å². The maximum atomic E-state index is 12.9. The van der Waals surface area contributed by atoms with Gasteiger partial charge in [-0.05, 0) is 56.0 Å². The molecule has 0 spiro atoms. The number of anilines is 1. The number of fused-ring (bicyclic) bond motifs is 1. The molecule has 33 heavy (non-hydrogen) atoms. The lowest BCUT2D eigenvalue weighted by molar-refractivity contribution is -0.122. The van der Waals surface area contributed by atoms with Crippen LogP contribution in [0.4, 0.5) is 5.69 Å². The van der Waals surface area contributed by atoms with Crippen LogP contribution in [0.3, 0.4) is 0 Å². The lowest BCUT2D eigenvalue weighted by atomic mass is 9.89. The minimum absolute atomic E-state index is 0.00871. The molecule has 6 nitrogen and oxygen atoms in total. The van der Waals surface area contributed by atoms with Gasteiger partial charge >= 0.3 is 0 Å². The summed E-state index contributed by atoms with van der Waals surface area (Å²) in [6.07, 6.45) is 1.59. The van der Waals surface area contributed by atoms with E-state index in [0.29, 0.717) is 25.8 Å². The molecule has 0 aromatic heterocycles. The summed E-state index contributed by atoms with van der Waals surface area (Å²) < 4.78 is 11.5. The molecule has 0 radical (unpaired) electrons. The van der Waals surface area contributed by atoms with Gasteiger partial charge in [-0.3, -0.25) is 9.59 Å². The molecule has 3 aromatic rings. The molecular formula is C27H28N2O4. The predicted octanol–water partition coefficient (Wildman–Crippen LogP) is 5.01. The number of hydrogen-bond donors (Lipinski definition) is 1. The second kappa shape index (κ2) is 8.10. The summed E-state index contributed by atoms with van der Waals surface area (Å²) in [4.78, 5) is 27.6. The Hall–Kier alpha value is -3.54. The summed E-state index contributed by atoms with van der Waals surface area (Å²) in [7, 11) is 1.63. The number of carbonyl (C=O) groups excluding carboxylic acids is 2. The molecule has 1 atom stereocenters. The molecule has 170 valence electrons. The van der Waals surface area contributed by atoms with E-state index in [9.17, 15) is 9.59 Å². The highest BCUT2D eigenvalue weighted by molar-refractivity contribution is 6.25. The van der Waals surface area contributed by atoms with Crippen molar-refractivity contribution >= 4 is 28.3 Å². The third-order valence-electron chi connectivity index (χ3n) is 6.44. The van der Waals surface area contributed by atoms with E-state index in [1.54, 1.807) is 12.0 Å². The summed E-state index contributed by atoms with van der Waals surface area (Å²) in [6.45, 7) is 4.55. The average Bonchev–Trinajstić information content (AvgIpc) is 3.06. The Bertz CT molecular complexity index is 1240. The quantitative estimate of drug-likeness (QED) is 0.581. The van der Waals surface area contributed by atoms with Crippen molar-refractivity contribution in [3.05, 3.63) is 65.7 Å². The van der Waals surface area contributed by atoms with Gasteiger partial charge in [0.25, 0.3) is 5.91 Å². The van der Waals surface area contributed by atoms with Crippen LogP contribution in [0, 0.1) is 0 Å². The molecular weight excluding hydrogens is 416 g/mol. The normalized spacial score (nSPS) is 18.1. The van der Waals surface area contributed by atoms with Crippen molar-refractivity contribution in [3.8, 4) is 11.5 Å². The summed E-state index contributed by atoms with van der Waals surface area (Å²) in [5.74, 6) is 1.48. The van der Waals surface area contributed by atoms with Crippen molar-refractivity contribution in [2.75, 3.05) is 18.6 Å². The van der Waals surface area contributed by atoms with Crippen LogP contribution >= 0.6 is 0 Å². The number of nitrogens with zero attached hydrogens (tertiary/aromatic N) is 1. The molecule has 5 rings (SSSR count). The number of rotatable bonds is 6. The van der Waals surface area contributed by atoms with E-state index in [0.717, 1.165) is 39.1 Å². The predicted molar refractivity (Wildman–Crippen MR) is 128 cm³/mol. The molecule has 2 aliphatic heterocycles. The minimum Gasteiger partial charge on any atom is -0.497 e. The number of hydrogen-bond acceptors (Lipinski definition) is 4. The van der Waals surface area contributed by atoms with Crippen molar-refractivity contribution in [2.45, 2.75) is 44.8 Å². The van der Waals surface area contributed by atoms with Gasteiger partial charge in [-0.15, -0.1) is 0 Å². The Morgan fingerprint density at radius 3 is 2.76 bits per heavy atom. The van der Waals surface area contributed by atoms with E-state index >= 15 is 0 Å². The molecule has 0 saturated carbocycles. The summed E-state index contributed by atoms with van der Waals surface area (Å²) in [5.41, 5.74) is 2.22. The number of ether oxygens (including phenoxy) is 2. The molecule has 0 unspecified atom stereocenters.